The molecular formula is C25H26N4O3S2. The molecule has 0 saturated heterocycles. The molecule has 0 unspecified atom stereocenters. The normalized spacial score (nSPS) is 15.1. The van der Waals surface area contributed by atoms with Crippen LogP contribution in [0.5, 0.6) is 0 Å². The number of fused-ring (bicyclic) bond motifs is 3. The first-order valence-electron chi connectivity index (χ1n) is 11.5. The minimum Gasteiger partial charge on any atom is -0.349 e. The number of aryl methyl sites for hydroxylation is 2. The van der Waals surface area contributed by atoms with E-state index < -0.39 is 0 Å². The fourth-order valence-corrected chi connectivity index (χ4v) is 6.33. The average molecular weight is 495 g/mol. The molecule has 1 fully saturated rings. The van der Waals surface area contributed by atoms with Crippen LogP contribution < -0.4 is 16.2 Å². The van der Waals surface area contributed by atoms with E-state index in [1.807, 2.05) is 0 Å². The molecule has 2 N–H and O–H groups in total. The fourth-order valence-electron chi connectivity index (χ4n) is 4.22. The van der Waals surface area contributed by atoms with Crippen LogP contribution in [-0.2, 0) is 24.2 Å². The van der Waals surface area contributed by atoms with Gasteiger partial charge in [-0.05, 0) is 56.2 Å². The van der Waals surface area contributed by atoms with Crippen molar-refractivity contribution in [1.82, 2.24) is 14.9 Å². The number of anilines is 1. The molecule has 1 aromatic carbocycles. The zero-order chi connectivity index (χ0) is 23.7. The number of nitrogens with zero attached hydrogens (tertiary/aromatic N) is 2. The van der Waals surface area contributed by atoms with Crippen LogP contribution in [0.3, 0.4) is 0 Å². The number of nitrogens with one attached hydrogen (secondary N) is 2. The zero-order valence-corrected chi connectivity index (χ0v) is 20.4. The number of para-hydroxylation sites is 1. The highest BCUT2D eigenvalue weighted by Crippen LogP contribution is 2.34. The summed E-state index contributed by atoms with van der Waals surface area (Å²) in [5.41, 5.74) is 2.01. The van der Waals surface area contributed by atoms with Crippen LogP contribution >= 0.6 is 23.1 Å². The Morgan fingerprint density at radius 1 is 1.24 bits per heavy atom. The summed E-state index contributed by atoms with van der Waals surface area (Å²) in [6.07, 6.45) is 7.81. The largest absolute Gasteiger partial charge is 0.349 e. The van der Waals surface area contributed by atoms with Gasteiger partial charge in [0, 0.05) is 17.5 Å². The summed E-state index contributed by atoms with van der Waals surface area (Å²) >= 11 is 2.82. The summed E-state index contributed by atoms with van der Waals surface area (Å²) in [7, 11) is 0. The third kappa shape index (κ3) is 4.67. The van der Waals surface area contributed by atoms with E-state index in [9.17, 15) is 14.4 Å². The van der Waals surface area contributed by atoms with Crippen molar-refractivity contribution >= 4 is 50.8 Å². The molecule has 0 aliphatic heterocycles. The molecule has 2 heterocycles. The van der Waals surface area contributed by atoms with Gasteiger partial charge in [-0.25, -0.2) is 4.98 Å². The Bertz CT molecular complexity index is 1340. The van der Waals surface area contributed by atoms with Gasteiger partial charge in [-0.1, -0.05) is 30.0 Å². The Hall–Kier alpha value is -2.91. The molecule has 2 aliphatic rings. The Kier molecular flexibility index (Phi) is 6.56. The number of carbonyl (C=O) groups excluding carboxylic acids is 2. The number of thiophene rings is 1. The van der Waals surface area contributed by atoms with Gasteiger partial charge < -0.3 is 10.6 Å². The standard InChI is InChI=1S/C25H26N4O3S2/c1-2-13-29-24(32)21-17-8-4-6-10-19(17)34-23(21)28-25(29)33-14-20(30)27-18-9-5-3-7-16(18)22(31)26-15-11-12-15/h2-3,5,7,9,15H,1,4,6,8,10-14H2,(H,26,31)(H,27,30). The van der Waals surface area contributed by atoms with Crippen LogP contribution in [0.25, 0.3) is 10.2 Å². The SMILES string of the molecule is C=CCn1c(SCC(=O)Nc2ccccc2C(=O)NC2CC2)nc2sc3c(c2c1=O)CCCC3. The van der Waals surface area contributed by atoms with Gasteiger partial charge in [0.15, 0.2) is 5.16 Å². The van der Waals surface area contributed by atoms with E-state index in [1.165, 1.54) is 16.6 Å². The molecule has 0 spiro atoms. The average Bonchev–Trinajstić information content (AvgIpc) is 3.57. The molecule has 34 heavy (non-hydrogen) atoms. The summed E-state index contributed by atoms with van der Waals surface area (Å²) in [5, 5.41) is 7.03. The van der Waals surface area contributed by atoms with Gasteiger partial charge in [0.1, 0.15) is 4.83 Å². The number of thioether (sulfide) groups is 1. The summed E-state index contributed by atoms with van der Waals surface area (Å²) in [6, 6.07) is 7.22. The van der Waals surface area contributed by atoms with Gasteiger partial charge in [-0.3, -0.25) is 19.0 Å². The molecule has 0 radical (unpaired) electrons. The summed E-state index contributed by atoms with van der Waals surface area (Å²) in [5.74, 6) is -0.375. The van der Waals surface area contributed by atoms with Crippen molar-refractivity contribution in [3.8, 4) is 0 Å². The first-order chi connectivity index (χ1) is 16.5. The summed E-state index contributed by atoms with van der Waals surface area (Å²) in [6.45, 7) is 4.12. The monoisotopic (exact) mass is 494 g/mol. The lowest BCUT2D eigenvalue weighted by molar-refractivity contribution is -0.113. The van der Waals surface area contributed by atoms with Gasteiger partial charge in [-0.2, -0.15) is 0 Å². The van der Waals surface area contributed by atoms with Crippen LogP contribution in [-0.4, -0.2) is 33.2 Å². The third-order valence-electron chi connectivity index (χ3n) is 6.04. The highest BCUT2D eigenvalue weighted by molar-refractivity contribution is 7.99. The van der Waals surface area contributed by atoms with Crippen molar-refractivity contribution in [3.05, 3.63) is 63.3 Å². The van der Waals surface area contributed by atoms with Crippen molar-refractivity contribution in [3.63, 3.8) is 0 Å². The lowest BCUT2D eigenvalue weighted by Crippen LogP contribution is -2.27. The Balaban J connectivity index is 1.35. The van der Waals surface area contributed by atoms with E-state index >= 15 is 0 Å². The highest BCUT2D eigenvalue weighted by Gasteiger charge is 2.25. The molecule has 2 aromatic heterocycles. The van der Waals surface area contributed by atoms with Crippen molar-refractivity contribution in [2.45, 2.75) is 56.3 Å². The van der Waals surface area contributed by atoms with E-state index in [0.29, 0.717) is 23.0 Å². The van der Waals surface area contributed by atoms with Crippen LogP contribution in [0.15, 0.2) is 46.9 Å². The quantitative estimate of drug-likeness (QED) is 0.279. The van der Waals surface area contributed by atoms with Crippen molar-refractivity contribution in [1.29, 1.82) is 0 Å². The van der Waals surface area contributed by atoms with Crippen LogP contribution in [0.1, 0.15) is 46.5 Å². The number of rotatable bonds is 8. The Morgan fingerprint density at radius 3 is 2.82 bits per heavy atom. The summed E-state index contributed by atoms with van der Waals surface area (Å²) in [4.78, 5) is 45.4. The maximum atomic E-state index is 13.3. The zero-order valence-electron chi connectivity index (χ0n) is 18.8. The van der Waals surface area contributed by atoms with Gasteiger partial charge in [0.05, 0.1) is 22.4 Å². The number of amides is 2. The highest BCUT2D eigenvalue weighted by atomic mass is 32.2. The maximum Gasteiger partial charge on any atom is 0.263 e. The molecule has 3 aromatic rings. The topological polar surface area (TPSA) is 93.1 Å². The fraction of sp³-hybridized carbons (Fsp3) is 0.360. The second-order valence-electron chi connectivity index (χ2n) is 8.62. The lowest BCUT2D eigenvalue weighted by Gasteiger charge is -2.13. The van der Waals surface area contributed by atoms with Gasteiger partial charge in [0.25, 0.3) is 11.5 Å². The molecular weight excluding hydrogens is 468 g/mol. The molecule has 5 rings (SSSR count). The number of benzene rings is 1. The minimum atomic E-state index is -0.262. The van der Waals surface area contributed by atoms with Crippen molar-refractivity contribution < 1.29 is 9.59 Å². The second kappa shape index (κ2) is 9.76. The van der Waals surface area contributed by atoms with Crippen LogP contribution in [0.4, 0.5) is 5.69 Å². The molecule has 1 saturated carbocycles. The molecule has 2 amide bonds. The molecule has 9 heteroatoms. The predicted octanol–water partition coefficient (Wildman–Crippen LogP) is 4.15. The molecule has 0 atom stereocenters. The molecule has 0 bridgehead atoms. The first kappa shape index (κ1) is 22.9. The predicted molar refractivity (Wildman–Crippen MR) is 137 cm³/mol. The first-order valence-corrected chi connectivity index (χ1v) is 13.3. The number of hydrogen-bond acceptors (Lipinski definition) is 6. The van der Waals surface area contributed by atoms with E-state index in [2.05, 4.69) is 17.2 Å². The maximum absolute atomic E-state index is 13.3. The van der Waals surface area contributed by atoms with Gasteiger partial charge in [0.2, 0.25) is 5.91 Å². The number of hydrogen-bond donors (Lipinski definition) is 2. The number of carbonyl (C=O) groups is 2. The molecule has 7 nitrogen and oxygen atoms in total. The summed E-state index contributed by atoms with van der Waals surface area (Å²) < 4.78 is 1.60. The third-order valence-corrected chi connectivity index (χ3v) is 8.20. The van der Waals surface area contributed by atoms with E-state index in [4.69, 9.17) is 4.98 Å². The van der Waals surface area contributed by atoms with E-state index in [1.54, 1.807) is 46.2 Å². The minimum absolute atomic E-state index is 0.0608. The van der Waals surface area contributed by atoms with E-state index in [0.717, 1.165) is 54.3 Å². The van der Waals surface area contributed by atoms with Crippen LogP contribution in [0, 0.1) is 0 Å². The van der Waals surface area contributed by atoms with Crippen molar-refractivity contribution in [2.24, 2.45) is 0 Å². The van der Waals surface area contributed by atoms with Gasteiger partial charge in [-0.15, -0.1) is 17.9 Å². The Labute approximate surface area is 205 Å². The van der Waals surface area contributed by atoms with E-state index in [-0.39, 0.29) is 29.2 Å². The number of aromatic nitrogens is 2. The number of allylic oxidation sites excluding steroid dienone is 1. The molecule has 2 aliphatic carbocycles. The van der Waals surface area contributed by atoms with Crippen LogP contribution in [0.2, 0.25) is 0 Å². The Morgan fingerprint density at radius 2 is 2.03 bits per heavy atom. The second-order valence-corrected chi connectivity index (χ2v) is 10.6. The lowest BCUT2D eigenvalue weighted by atomic mass is 9.97. The smallest absolute Gasteiger partial charge is 0.263 e. The van der Waals surface area contributed by atoms with Crippen molar-refractivity contribution in [2.75, 3.05) is 11.1 Å². The molecule has 176 valence electrons. The van der Waals surface area contributed by atoms with Gasteiger partial charge >= 0.3 is 0 Å².